The highest BCUT2D eigenvalue weighted by Crippen LogP contribution is 2.21. The number of hydrogen-bond acceptors (Lipinski definition) is 3. The van der Waals surface area contributed by atoms with Crippen LogP contribution in [0.4, 0.5) is 10.5 Å². The predicted molar refractivity (Wildman–Crippen MR) is 94.9 cm³/mol. The maximum absolute atomic E-state index is 11.9. The summed E-state index contributed by atoms with van der Waals surface area (Å²) in [5, 5.41) is 5.43. The first-order chi connectivity index (χ1) is 11.5. The average Bonchev–Trinajstić information content (AvgIpc) is 2.54. The highest BCUT2D eigenvalue weighted by molar-refractivity contribution is 5.96. The highest BCUT2D eigenvalue weighted by atomic mass is 16.5. The number of hydrogen-bond donors (Lipinski definition) is 2. The Hall–Kier alpha value is -2.82. The van der Waals surface area contributed by atoms with Crippen LogP contribution in [0.5, 0.6) is 5.75 Å². The fraction of sp³-hybridized carbons (Fsp3) is 0.263. The number of carbonyl (C=O) groups is 2. The second kappa shape index (κ2) is 8.15. The zero-order valence-electron chi connectivity index (χ0n) is 14.2. The van der Waals surface area contributed by atoms with Gasteiger partial charge >= 0.3 is 6.03 Å². The lowest BCUT2D eigenvalue weighted by Crippen LogP contribution is -2.32. The topological polar surface area (TPSA) is 67.4 Å². The van der Waals surface area contributed by atoms with Crippen molar-refractivity contribution in [3.8, 4) is 5.75 Å². The molecule has 0 saturated carbocycles. The molecule has 0 radical (unpaired) electrons. The fourth-order valence-corrected chi connectivity index (χ4v) is 2.34. The number of Topliss-reactive ketones (excluding diaryl/α,β-unsaturated/α-hetero) is 1. The molecular weight excluding hydrogens is 304 g/mol. The van der Waals surface area contributed by atoms with Crippen molar-refractivity contribution in [2.45, 2.75) is 20.8 Å². The van der Waals surface area contributed by atoms with Gasteiger partial charge in [0.05, 0.1) is 6.54 Å². The molecule has 5 heteroatoms. The number of rotatable bonds is 6. The van der Waals surface area contributed by atoms with Gasteiger partial charge in [0.25, 0.3) is 0 Å². The number of benzene rings is 2. The molecule has 24 heavy (non-hydrogen) atoms. The average molecular weight is 326 g/mol. The third-order valence-electron chi connectivity index (χ3n) is 3.57. The van der Waals surface area contributed by atoms with Gasteiger partial charge in [-0.1, -0.05) is 30.3 Å². The molecule has 126 valence electrons. The summed E-state index contributed by atoms with van der Waals surface area (Å²) < 4.78 is 5.73. The van der Waals surface area contributed by atoms with Gasteiger partial charge in [-0.25, -0.2) is 4.79 Å². The molecule has 0 saturated heterocycles. The van der Waals surface area contributed by atoms with Gasteiger partial charge in [0.15, 0.2) is 5.78 Å². The van der Waals surface area contributed by atoms with Crippen molar-refractivity contribution in [1.29, 1.82) is 0 Å². The Morgan fingerprint density at radius 3 is 2.38 bits per heavy atom. The minimum atomic E-state index is -0.333. The second-order valence-electron chi connectivity index (χ2n) is 5.59. The van der Waals surface area contributed by atoms with E-state index in [0.29, 0.717) is 24.4 Å². The molecule has 2 aromatic rings. The maximum Gasteiger partial charge on any atom is 0.319 e. The van der Waals surface area contributed by atoms with Crippen molar-refractivity contribution >= 4 is 17.5 Å². The Bertz CT molecular complexity index is 721. The van der Waals surface area contributed by atoms with Gasteiger partial charge in [0, 0.05) is 11.3 Å². The summed E-state index contributed by atoms with van der Waals surface area (Å²) in [6.45, 7) is 6.23. The van der Waals surface area contributed by atoms with Crippen molar-refractivity contribution < 1.29 is 14.3 Å². The summed E-state index contributed by atoms with van der Waals surface area (Å²) in [5.74, 6) is 0.815. The summed E-state index contributed by atoms with van der Waals surface area (Å²) in [6.07, 6.45) is 0. The number of aryl methyl sites for hydroxylation is 2. The molecule has 0 spiro atoms. The van der Waals surface area contributed by atoms with E-state index in [4.69, 9.17) is 4.74 Å². The van der Waals surface area contributed by atoms with E-state index < -0.39 is 0 Å². The van der Waals surface area contributed by atoms with Crippen LogP contribution >= 0.6 is 0 Å². The maximum atomic E-state index is 11.9. The zero-order chi connectivity index (χ0) is 17.5. The number of amides is 2. The predicted octanol–water partition coefficient (Wildman–Crippen LogP) is 3.71. The molecule has 2 N–H and O–H groups in total. The molecule has 0 bridgehead atoms. The Kier molecular flexibility index (Phi) is 5.95. The van der Waals surface area contributed by atoms with E-state index in [1.54, 1.807) is 24.3 Å². The smallest absolute Gasteiger partial charge is 0.319 e. The van der Waals surface area contributed by atoms with Crippen molar-refractivity contribution in [2.75, 3.05) is 18.5 Å². The van der Waals surface area contributed by atoms with E-state index in [9.17, 15) is 9.59 Å². The number of carbonyl (C=O) groups excluding carboxylic acids is 2. The van der Waals surface area contributed by atoms with Gasteiger partial charge in [-0.05, 0) is 44.0 Å². The summed E-state index contributed by atoms with van der Waals surface area (Å²) in [5.41, 5.74) is 3.28. The fourth-order valence-electron chi connectivity index (χ4n) is 2.34. The molecule has 0 aromatic heterocycles. The van der Waals surface area contributed by atoms with Crippen molar-refractivity contribution in [2.24, 2.45) is 0 Å². The van der Waals surface area contributed by atoms with Crippen molar-refractivity contribution in [3.05, 3.63) is 59.2 Å². The largest absolute Gasteiger partial charge is 0.491 e. The summed E-state index contributed by atoms with van der Waals surface area (Å²) >= 11 is 0. The molecule has 0 unspecified atom stereocenters. The molecule has 0 aliphatic heterocycles. The van der Waals surface area contributed by atoms with Crippen LogP contribution in [-0.2, 0) is 0 Å². The van der Waals surface area contributed by atoms with Crippen molar-refractivity contribution in [3.63, 3.8) is 0 Å². The van der Waals surface area contributed by atoms with Gasteiger partial charge < -0.3 is 15.4 Å². The van der Waals surface area contributed by atoms with Crippen LogP contribution in [0.3, 0.4) is 0 Å². The lowest BCUT2D eigenvalue weighted by atomic mass is 10.1. The Morgan fingerprint density at radius 1 is 1.04 bits per heavy atom. The molecule has 2 rings (SSSR count). The Balaban J connectivity index is 1.79. The van der Waals surface area contributed by atoms with Crippen LogP contribution in [0.1, 0.15) is 28.4 Å². The molecule has 5 nitrogen and oxygen atoms in total. The first-order valence-corrected chi connectivity index (χ1v) is 7.82. The molecule has 2 aromatic carbocycles. The van der Waals surface area contributed by atoms with Crippen LogP contribution in [-0.4, -0.2) is 25.0 Å². The van der Waals surface area contributed by atoms with E-state index >= 15 is 0 Å². The number of ketones is 1. The number of ether oxygens (including phenoxy) is 1. The normalized spacial score (nSPS) is 10.1. The summed E-state index contributed by atoms with van der Waals surface area (Å²) in [6, 6.07) is 12.5. The van der Waals surface area contributed by atoms with E-state index in [1.807, 2.05) is 32.0 Å². The molecule has 0 atom stereocenters. The quantitative estimate of drug-likeness (QED) is 0.628. The number of para-hydroxylation sites is 1. The SMILES string of the molecule is CC(=O)c1cccc(NC(=O)NCCOc2c(C)cccc2C)c1. The van der Waals surface area contributed by atoms with Crippen LogP contribution < -0.4 is 15.4 Å². The molecular formula is C19H22N2O3. The van der Waals surface area contributed by atoms with Crippen LogP contribution in [0.25, 0.3) is 0 Å². The number of urea groups is 1. The van der Waals surface area contributed by atoms with Gasteiger partial charge in [-0.15, -0.1) is 0 Å². The van der Waals surface area contributed by atoms with Crippen LogP contribution in [0, 0.1) is 13.8 Å². The Labute approximate surface area is 142 Å². The monoisotopic (exact) mass is 326 g/mol. The lowest BCUT2D eigenvalue weighted by Gasteiger charge is -2.13. The van der Waals surface area contributed by atoms with E-state index in [2.05, 4.69) is 10.6 Å². The van der Waals surface area contributed by atoms with Gasteiger partial charge in [0.2, 0.25) is 0 Å². The first-order valence-electron chi connectivity index (χ1n) is 7.82. The standard InChI is InChI=1S/C19H22N2O3/c1-13-6-4-7-14(2)18(13)24-11-10-20-19(23)21-17-9-5-8-16(12-17)15(3)22/h4-9,12H,10-11H2,1-3H3,(H2,20,21,23). The minimum absolute atomic E-state index is 0.0407. The minimum Gasteiger partial charge on any atom is -0.491 e. The van der Waals surface area contributed by atoms with Crippen LogP contribution in [0.2, 0.25) is 0 Å². The van der Waals surface area contributed by atoms with E-state index in [0.717, 1.165) is 16.9 Å². The zero-order valence-corrected chi connectivity index (χ0v) is 14.2. The number of nitrogens with one attached hydrogen (secondary N) is 2. The highest BCUT2D eigenvalue weighted by Gasteiger charge is 2.06. The van der Waals surface area contributed by atoms with Gasteiger partial charge in [-0.3, -0.25) is 4.79 Å². The van der Waals surface area contributed by atoms with E-state index in [-0.39, 0.29) is 11.8 Å². The molecule has 0 heterocycles. The lowest BCUT2D eigenvalue weighted by molar-refractivity contribution is 0.101. The number of anilines is 1. The molecule has 0 aliphatic carbocycles. The van der Waals surface area contributed by atoms with Gasteiger partial charge in [0.1, 0.15) is 12.4 Å². The first kappa shape index (κ1) is 17.5. The van der Waals surface area contributed by atoms with Gasteiger partial charge in [-0.2, -0.15) is 0 Å². The summed E-state index contributed by atoms with van der Waals surface area (Å²) in [4.78, 5) is 23.2. The molecule has 2 amide bonds. The third-order valence-corrected chi connectivity index (χ3v) is 3.57. The molecule has 0 aliphatic rings. The van der Waals surface area contributed by atoms with Crippen LogP contribution in [0.15, 0.2) is 42.5 Å². The van der Waals surface area contributed by atoms with Crippen molar-refractivity contribution in [1.82, 2.24) is 5.32 Å². The summed E-state index contributed by atoms with van der Waals surface area (Å²) in [7, 11) is 0. The van der Waals surface area contributed by atoms with E-state index in [1.165, 1.54) is 6.92 Å². The molecule has 0 fully saturated rings. The third kappa shape index (κ3) is 4.84. The second-order valence-corrected chi connectivity index (χ2v) is 5.59. The Morgan fingerprint density at radius 2 is 1.71 bits per heavy atom.